The number of nitrogens with zero attached hydrogens (tertiary/aromatic N) is 1. The van der Waals surface area contributed by atoms with Gasteiger partial charge in [-0.15, -0.1) is 0 Å². The molecule has 1 aliphatic heterocycles. The van der Waals surface area contributed by atoms with Crippen molar-refractivity contribution in [3.8, 4) is 0 Å². The van der Waals surface area contributed by atoms with E-state index in [1.807, 2.05) is 0 Å². The predicted octanol–water partition coefficient (Wildman–Crippen LogP) is 1.22. The lowest BCUT2D eigenvalue weighted by Gasteiger charge is -2.35. The predicted molar refractivity (Wildman–Crippen MR) is 57.5 cm³/mol. The highest BCUT2D eigenvalue weighted by Gasteiger charge is 2.62. The second-order valence-electron chi connectivity index (χ2n) is 4.06. The van der Waals surface area contributed by atoms with Crippen molar-refractivity contribution < 1.29 is 23.1 Å². The van der Waals surface area contributed by atoms with Gasteiger partial charge in [-0.2, -0.15) is 13.2 Å². The number of anilines is 1. The third kappa shape index (κ3) is 1.95. The van der Waals surface area contributed by atoms with Crippen LogP contribution in [0.4, 0.5) is 18.9 Å². The van der Waals surface area contributed by atoms with Gasteiger partial charge in [0.05, 0.1) is 11.7 Å². The molecule has 4 nitrogen and oxygen atoms in total. The second-order valence-corrected chi connectivity index (χ2v) is 4.06. The van der Waals surface area contributed by atoms with Gasteiger partial charge in [0.25, 0.3) is 5.72 Å². The molecule has 0 radical (unpaired) electrons. The molecular formula is C11H11F3N2O2. The zero-order valence-electron chi connectivity index (χ0n) is 9.19. The largest absolute Gasteiger partial charge is 0.438 e. The van der Waals surface area contributed by atoms with Crippen LogP contribution in [0, 0.1) is 0 Å². The molecule has 0 aromatic heterocycles. The number of nitrogens with one attached hydrogen (secondary N) is 1. The normalized spacial score (nSPS) is 28.4. The number of rotatable bonds is 2. The minimum Gasteiger partial charge on any atom is -0.362 e. The number of hydrogen-bond acceptors (Lipinski definition) is 4. The standard InChI is InChI=1S/C11H11F3N2O2/c12-11(13,14)10(18)6-8(7-17)15-16(10)9-4-2-1-3-5-9/h1-5,7-8,15,18H,6H2. The first-order valence-electron chi connectivity index (χ1n) is 5.24. The summed E-state index contributed by atoms with van der Waals surface area (Å²) in [7, 11) is 0. The van der Waals surface area contributed by atoms with E-state index in [9.17, 15) is 23.1 Å². The molecule has 0 amide bonds. The molecule has 2 unspecified atom stereocenters. The lowest BCUT2D eigenvalue weighted by molar-refractivity contribution is -0.256. The zero-order chi connectivity index (χ0) is 13.4. The number of para-hydroxylation sites is 1. The van der Waals surface area contributed by atoms with Gasteiger partial charge in [0.15, 0.2) is 0 Å². The Morgan fingerprint density at radius 3 is 2.50 bits per heavy atom. The average Bonchev–Trinajstić information content (AvgIpc) is 2.68. The summed E-state index contributed by atoms with van der Waals surface area (Å²) in [6.07, 6.45) is -5.26. The van der Waals surface area contributed by atoms with Crippen LogP contribution in [0.25, 0.3) is 0 Å². The summed E-state index contributed by atoms with van der Waals surface area (Å²) >= 11 is 0. The fraction of sp³-hybridized carbons (Fsp3) is 0.364. The van der Waals surface area contributed by atoms with E-state index in [0.717, 1.165) is 0 Å². The number of alkyl halides is 3. The SMILES string of the molecule is O=CC1CC(O)(C(F)(F)F)N(c2ccccc2)N1. The highest BCUT2D eigenvalue weighted by Crippen LogP contribution is 2.41. The first-order chi connectivity index (χ1) is 8.38. The maximum Gasteiger partial charge on any atom is 0.438 e. The lowest BCUT2D eigenvalue weighted by atomic mass is 10.1. The number of carbonyl (C=O) groups excluding carboxylic acids is 1. The molecule has 1 aliphatic rings. The molecule has 1 aromatic rings. The number of benzene rings is 1. The highest BCUT2D eigenvalue weighted by molar-refractivity contribution is 5.62. The molecule has 98 valence electrons. The summed E-state index contributed by atoms with van der Waals surface area (Å²) in [6, 6.07) is 6.48. The van der Waals surface area contributed by atoms with Crippen LogP contribution in [0.3, 0.4) is 0 Å². The van der Waals surface area contributed by atoms with E-state index in [2.05, 4.69) is 5.43 Å². The third-order valence-corrected chi connectivity index (χ3v) is 2.80. The van der Waals surface area contributed by atoms with Gasteiger partial charge in [-0.05, 0) is 12.1 Å². The monoisotopic (exact) mass is 260 g/mol. The molecule has 1 aromatic carbocycles. The van der Waals surface area contributed by atoms with Crippen LogP contribution in [-0.4, -0.2) is 29.3 Å². The van der Waals surface area contributed by atoms with Gasteiger partial charge < -0.3 is 9.90 Å². The van der Waals surface area contributed by atoms with Crippen LogP contribution >= 0.6 is 0 Å². The first kappa shape index (κ1) is 12.8. The number of halogens is 3. The van der Waals surface area contributed by atoms with Gasteiger partial charge in [-0.3, -0.25) is 5.01 Å². The van der Waals surface area contributed by atoms with E-state index in [-0.39, 0.29) is 5.69 Å². The third-order valence-electron chi connectivity index (χ3n) is 2.80. The first-order valence-corrected chi connectivity index (χ1v) is 5.24. The molecule has 0 bridgehead atoms. The van der Waals surface area contributed by atoms with E-state index >= 15 is 0 Å². The summed E-state index contributed by atoms with van der Waals surface area (Å²) in [4.78, 5) is 10.6. The molecule has 1 heterocycles. The molecule has 2 atom stereocenters. The lowest BCUT2D eigenvalue weighted by Crippen LogP contribution is -2.58. The Morgan fingerprint density at radius 2 is 2.00 bits per heavy atom. The molecule has 7 heteroatoms. The van der Waals surface area contributed by atoms with Crippen LogP contribution in [0.2, 0.25) is 0 Å². The van der Waals surface area contributed by atoms with Crippen LogP contribution in [0.15, 0.2) is 30.3 Å². The Balaban J connectivity index is 2.41. The number of hydrogen-bond donors (Lipinski definition) is 2. The van der Waals surface area contributed by atoms with E-state index < -0.39 is 24.4 Å². The van der Waals surface area contributed by atoms with Crippen molar-refractivity contribution in [3.05, 3.63) is 30.3 Å². The second kappa shape index (κ2) is 4.25. The summed E-state index contributed by atoms with van der Waals surface area (Å²) in [5, 5.41) is 10.4. The van der Waals surface area contributed by atoms with E-state index in [0.29, 0.717) is 11.3 Å². The zero-order valence-corrected chi connectivity index (χ0v) is 9.19. The van der Waals surface area contributed by atoms with Gasteiger partial charge in [-0.25, -0.2) is 5.43 Å². The highest BCUT2D eigenvalue weighted by atomic mass is 19.4. The van der Waals surface area contributed by atoms with E-state index in [4.69, 9.17) is 0 Å². The van der Waals surface area contributed by atoms with Crippen molar-refractivity contribution in [2.75, 3.05) is 5.01 Å². The summed E-state index contributed by atoms with van der Waals surface area (Å²) in [5.74, 6) is 0. The average molecular weight is 260 g/mol. The van der Waals surface area contributed by atoms with Crippen molar-refractivity contribution in [2.24, 2.45) is 0 Å². The van der Waals surface area contributed by atoms with E-state index in [1.54, 1.807) is 18.2 Å². The van der Waals surface area contributed by atoms with Gasteiger partial charge >= 0.3 is 6.18 Å². The van der Waals surface area contributed by atoms with Crippen molar-refractivity contribution in [3.63, 3.8) is 0 Å². The molecule has 0 aliphatic carbocycles. The van der Waals surface area contributed by atoms with Gasteiger partial charge in [0.2, 0.25) is 0 Å². The van der Waals surface area contributed by atoms with Crippen molar-refractivity contribution >= 4 is 12.0 Å². The Labute approximate surface area is 101 Å². The summed E-state index contributed by atoms with van der Waals surface area (Å²) in [5.41, 5.74) is -0.594. The Kier molecular flexibility index (Phi) is 3.04. The fourth-order valence-corrected chi connectivity index (χ4v) is 1.90. The number of aldehydes is 1. The van der Waals surface area contributed by atoms with Gasteiger partial charge in [0.1, 0.15) is 6.29 Å². The number of aliphatic hydroxyl groups is 1. The van der Waals surface area contributed by atoms with Gasteiger partial charge in [0, 0.05) is 6.42 Å². The molecule has 18 heavy (non-hydrogen) atoms. The maximum atomic E-state index is 12.9. The van der Waals surface area contributed by atoms with Gasteiger partial charge in [-0.1, -0.05) is 18.2 Å². The van der Waals surface area contributed by atoms with Crippen LogP contribution < -0.4 is 10.4 Å². The molecule has 0 saturated carbocycles. The van der Waals surface area contributed by atoms with Crippen molar-refractivity contribution in [1.29, 1.82) is 0 Å². The smallest absolute Gasteiger partial charge is 0.362 e. The molecular weight excluding hydrogens is 249 g/mol. The Morgan fingerprint density at radius 1 is 1.39 bits per heavy atom. The Bertz CT molecular complexity index is 438. The topological polar surface area (TPSA) is 52.6 Å². The quantitative estimate of drug-likeness (QED) is 0.785. The fourth-order valence-electron chi connectivity index (χ4n) is 1.90. The molecule has 2 rings (SSSR count). The van der Waals surface area contributed by atoms with Crippen LogP contribution in [0.1, 0.15) is 6.42 Å². The Hall–Kier alpha value is -1.60. The van der Waals surface area contributed by atoms with Crippen molar-refractivity contribution in [1.82, 2.24) is 5.43 Å². The van der Waals surface area contributed by atoms with Crippen LogP contribution in [0.5, 0.6) is 0 Å². The minimum atomic E-state index is -4.87. The molecule has 2 N–H and O–H groups in total. The van der Waals surface area contributed by atoms with Crippen molar-refractivity contribution in [2.45, 2.75) is 24.4 Å². The van der Waals surface area contributed by atoms with E-state index in [1.165, 1.54) is 12.1 Å². The number of hydrazine groups is 1. The molecule has 1 saturated heterocycles. The van der Waals surface area contributed by atoms with Crippen LogP contribution in [-0.2, 0) is 4.79 Å². The summed E-state index contributed by atoms with van der Waals surface area (Å²) < 4.78 is 38.8. The maximum absolute atomic E-state index is 12.9. The number of carbonyl (C=O) groups is 1. The summed E-state index contributed by atoms with van der Waals surface area (Å²) in [6.45, 7) is 0. The minimum absolute atomic E-state index is 0.140. The molecule has 1 fully saturated rings. The molecule has 0 spiro atoms.